The van der Waals surface area contributed by atoms with Crippen LogP contribution in [0.5, 0.6) is 0 Å². The van der Waals surface area contributed by atoms with Crippen LogP contribution in [0.25, 0.3) is 0 Å². The number of pyridine rings is 1. The maximum absolute atomic E-state index is 13.2. The zero-order valence-electron chi connectivity index (χ0n) is 9.04. The van der Waals surface area contributed by atoms with E-state index in [0.29, 0.717) is 4.47 Å². The summed E-state index contributed by atoms with van der Waals surface area (Å²) in [6.07, 6.45) is 1.43. The monoisotopic (exact) mass is 310 g/mol. The standard InChI is InChI=1S/C12H8BrFN2O2/c13-9-4-3-7(6-10(9)14)16-12(18)8-2-1-5-15-11(8)17/h1-6H,(H,15,17)(H,16,18). The number of aromatic nitrogens is 1. The topological polar surface area (TPSA) is 62.0 Å². The number of carbonyl (C=O) groups excluding carboxylic acids is 1. The smallest absolute Gasteiger partial charge is 0.261 e. The number of carbonyl (C=O) groups is 1. The van der Waals surface area contributed by atoms with Crippen molar-refractivity contribution in [1.29, 1.82) is 0 Å². The molecule has 2 N–H and O–H groups in total. The molecule has 1 aromatic heterocycles. The quantitative estimate of drug-likeness (QED) is 0.895. The predicted octanol–water partition coefficient (Wildman–Crippen LogP) is 2.53. The lowest BCUT2D eigenvalue weighted by Gasteiger charge is -2.05. The Labute approximate surface area is 110 Å². The first kappa shape index (κ1) is 12.5. The van der Waals surface area contributed by atoms with Crippen molar-refractivity contribution in [2.24, 2.45) is 0 Å². The van der Waals surface area contributed by atoms with Crippen molar-refractivity contribution in [3.05, 3.63) is 62.7 Å². The van der Waals surface area contributed by atoms with Crippen LogP contribution in [0.4, 0.5) is 10.1 Å². The Bertz CT molecular complexity index is 655. The fraction of sp³-hybridized carbons (Fsp3) is 0. The molecule has 1 amide bonds. The van der Waals surface area contributed by atoms with Gasteiger partial charge in [0, 0.05) is 11.9 Å². The molecule has 1 heterocycles. The highest BCUT2D eigenvalue weighted by atomic mass is 79.9. The summed E-state index contributed by atoms with van der Waals surface area (Å²) >= 11 is 3.01. The number of aromatic amines is 1. The fourth-order valence-corrected chi connectivity index (χ4v) is 1.62. The maximum atomic E-state index is 13.2. The molecule has 2 aromatic rings. The van der Waals surface area contributed by atoms with Gasteiger partial charge in [0.15, 0.2) is 0 Å². The van der Waals surface area contributed by atoms with Gasteiger partial charge in [0.2, 0.25) is 0 Å². The molecular formula is C12H8BrFN2O2. The van der Waals surface area contributed by atoms with E-state index >= 15 is 0 Å². The van der Waals surface area contributed by atoms with Crippen molar-refractivity contribution < 1.29 is 9.18 Å². The highest BCUT2D eigenvalue weighted by Crippen LogP contribution is 2.19. The van der Waals surface area contributed by atoms with Gasteiger partial charge < -0.3 is 10.3 Å². The average Bonchev–Trinajstić information content (AvgIpc) is 2.34. The summed E-state index contributed by atoms with van der Waals surface area (Å²) in [7, 11) is 0. The molecule has 2 rings (SSSR count). The first-order chi connectivity index (χ1) is 8.58. The number of hydrogen-bond acceptors (Lipinski definition) is 2. The number of halogens is 2. The van der Waals surface area contributed by atoms with Crippen LogP contribution in [-0.2, 0) is 0 Å². The van der Waals surface area contributed by atoms with Crippen LogP contribution >= 0.6 is 15.9 Å². The van der Waals surface area contributed by atoms with Crippen LogP contribution < -0.4 is 10.9 Å². The van der Waals surface area contributed by atoms with Gasteiger partial charge >= 0.3 is 0 Å². The van der Waals surface area contributed by atoms with Crippen LogP contribution in [0.3, 0.4) is 0 Å². The zero-order valence-corrected chi connectivity index (χ0v) is 10.6. The molecule has 0 bridgehead atoms. The predicted molar refractivity (Wildman–Crippen MR) is 69.1 cm³/mol. The Kier molecular flexibility index (Phi) is 3.57. The molecular weight excluding hydrogens is 303 g/mol. The highest BCUT2D eigenvalue weighted by molar-refractivity contribution is 9.10. The zero-order chi connectivity index (χ0) is 13.1. The number of amides is 1. The van der Waals surface area contributed by atoms with Gasteiger partial charge in [-0.1, -0.05) is 0 Å². The van der Waals surface area contributed by atoms with Crippen molar-refractivity contribution >= 4 is 27.5 Å². The van der Waals surface area contributed by atoms with E-state index in [1.54, 1.807) is 6.07 Å². The van der Waals surface area contributed by atoms with Gasteiger partial charge in [0.1, 0.15) is 11.4 Å². The van der Waals surface area contributed by atoms with E-state index in [-0.39, 0.29) is 11.3 Å². The number of H-pyrrole nitrogens is 1. The van der Waals surface area contributed by atoms with Crippen molar-refractivity contribution in [3.8, 4) is 0 Å². The largest absolute Gasteiger partial charge is 0.328 e. The molecule has 0 aliphatic heterocycles. The summed E-state index contributed by atoms with van der Waals surface area (Å²) in [5.41, 5.74) is -0.239. The second-order valence-electron chi connectivity index (χ2n) is 3.50. The molecule has 0 aliphatic rings. The SMILES string of the molecule is O=C(Nc1ccc(Br)c(F)c1)c1ccc[nH]c1=O. The summed E-state index contributed by atoms with van der Waals surface area (Å²) in [6, 6.07) is 7.10. The van der Waals surface area contributed by atoms with Crippen molar-refractivity contribution in [2.45, 2.75) is 0 Å². The van der Waals surface area contributed by atoms with Crippen LogP contribution in [-0.4, -0.2) is 10.9 Å². The lowest BCUT2D eigenvalue weighted by Crippen LogP contribution is -2.22. The van der Waals surface area contributed by atoms with E-state index in [0.717, 1.165) is 0 Å². The van der Waals surface area contributed by atoms with E-state index in [9.17, 15) is 14.0 Å². The summed E-state index contributed by atoms with van der Waals surface area (Å²) in [5, 5.41) is 2.45. The van der Waals surface area contributed by atoms with Crippen molar-refractivity contribution in [1.82, 2.24) is 4.98 Å². The van der Waals surface area contributed by atoms with Crippen LogP contribution in [0, 0.1) is 5.82 Å². The van der Waals surface area contributed by atoms with Crippen LogP contribution in [0.2, 0.25) is 0 Å². The first-order valence-corrected chi connectivity index (χ1v) is 5.81. The van der Waals surface area contributed by atoms with E-state index < -0.39 is 17.3 Å². The minimum Gasteiger partial charge on any atom is -0.328 e. The van der Waals surface area contributed by atoms with Gasteiger partial charge in [-0.15, -0.1) is 0 Å². The summed E-state index contributed by atoms with van der Waals surface area (Å²) < 4.78 is 13.5. The van der Waals surface area contributed by atoms with Gasteiger partial charge in [0.05, 0.1) is 4.47 Å². The molecule has 0 atom stereocenters. The number of nitrogens with one attached hydrogen (secondary N) is 2. The molecule has 0 spiro atoms. The van der Waals surface area contributed by atoms with E-state index in [1.165, 1.54) is 30.5 Å². The lowest BCUT2D eigenvalue weighted by atomic mass is 10.2. The number of hydrogen-bond donors (Lipinski definition) is 2. The third-order valence-corrected chi connectivity index (χ3v) is 2.88. The van der Waals surface area contributed by atoms with Gasteiger partial charge in [-0.2, -0.15) is 0 Å². The van der Waals surface area contributed by atoms with Crippen LogP contribution in [0.15, 0.2) is 45.8 Å². The molecule has 0 saturated heterocycles. The van der Waals surface area contributed by atoms with Crippen molar-refractivity contribution in [3.63, 3.8) is 0 Å². The van der Waals surface area contributed by atoms with Gasteiger partial charge in [-0.3, -0.25) is 9.59 Å². The third kappa shape index (κ3) is 2.65. The summed E-state index contributed by atoms with van der Waals surface area (Å²) in [5.74, 6) is -1.08. The summed E-state index contributed by atoms with van der Waals surface area (Å²) in [4.78, 5) is 25.5. The lowest BCUT2D eigenvalue weighted by molar-refractivity contribution is 0.102. The normalized spacial score (nSPS) is 10.1. The Morgan fingerprint density at radius 1 is 1.33 bits per heavy atom. The molecule has 4 nitrogen and oxygen atoms in total. The van der Waals surface area contributed by atoms with Gasteiger partial charge in [0.25, 0.3) is 11.5 Å². The minimum atomic E-state index is -0.585. The molecule has 18 heavy (non-hydrogen) atoms. The van der Waals surface area contributed by atoms with E-state index in [2.05, 4.69) is 26.2 Å². The molecule has 6 heteroatoms. The second-order valence-corrected chi connectivity index (χ2v) is 4.35. The van der Waals surface area contributed by atoms with E-state index in [1.807, 2.05) is 0 Å². The number of benzene rings is 1. The van der Waals surface area contributed by atoms with Crippen molar-refractivity contribution in [2.75, 3.05) is 5.32 Å². The minimum absolute atomic E-state index is 0.0270. The molecule has 0 saturated carbocycles. The Morgan fingerprint density at radius 3 is 2.78 bits per heavy atom. The number of rotatable bonds is 2. The molecule has 1 aromatic carbocycles. The Hall–Kier alpha value is -1.95. The molecule has 0 fully saturated rings. The molecule has 0 aliphatic carbocycles. The molecule has 0 unspecified atom stereocenters. The Morgan fingerprint density at radius 2 is 2.11 bits per heavy atom. The van der Waals surface area contributed by atoms with Gasteiger partial charge in [-0.25, -0.2) is 4.39 Å². The number of anilines is 1. The third-order valence-electron chi connectivity index (χ3n) is 2.24. The molecule has 92 valence electrons. The summed E-state index contributed by atoms with van der Waals surface area (Å²) in [6.45, 7) is 0. The van der Waals surface area contributed by atoms with Gasteiger partial charge in [-0.05, 0) is 46.3 Å². The van der Waals surface area contributed by atoms with Crippen LogP contribution in [0.1, 0.15) is 10.4 Å². The Balaban J connectivity index is 2.24. The first-order valence-electron chi connectivity index (χ1n) is 5.02. The maximum Gasteiger partial charge on any atom is 0.261 e. The second kappa shape index (κ2) is 5.14. The van der Waals surface area contributed by atoms with E-state index in [4.69, 9.17) is 0 Å². The molecule has 0 radical (unpaired) electrons. The average molecular weight is 311 g/mol. The fourth-order valence-electron chi connectivity index (χ4n) is 1.37. The highest BCUT2D eigenvalue weighted by Gasteiger charge is 2.10.